The minimum absolute atomic E-state index is 0.00460. The van der Waals surface area contributed by atoms with Gasteiger partial charge in [-0.1, -0.05) is 36.4 Å². The van der Waals surface area contributed by atoms with Crippen molar-refractivity contribution in [3.63, 3.8) is 0 Å². The molecule has 0 aliphatic carbocycles. The zero-order chi connectivity index (χ0) is 22.2. The smallest absolute Gasteiger partial charge is 0.253 e. The van der Waals surface area contributed by atoms with Gasteiger partial charge in [0, 0.05) is 59.3 Å². The van der Waals surface area contributed by atoms with Crippen molar-refractivity contribution < 1.29 is 9.59 Å². The molecule has 1 saturated heterocycles. The van der Waals surface area contributed by atoms with Gasteiger partial charge in [0.15, 0.2) is 5.96 Å². The monoisotopic (exact) mass is 421 g/mol. The number of hydrogen-bond donors (Lipinski definition) is 2. The molecule has 0 unspecified atom stereocenters. The zero-order valence-corrected chi connectivity index (χ0v) is 18.5. The molecular formula is C24H31N5O2. The van der Waals surface area contributed by atoms with Gasteiger partial charge in [-0.15, -0.1) is 0 Å². The van der Waals surface area contributed by atoms with Gasteiger partial charge in [0.05, 0.1) is 0 Å². The summed E-state index contributed by atoms with van der Waals surface area (Å²) in [6.45, 7) is 2.81. The molecule has 1 aliphatic rings. The first kappa shape index (κ1) is 22.3. The van der Waals surface area contributed by atoms with Crippen molar-refractivity contribution in [2.24, 2.45) is 4.99 Å². The van der Waals surface area contributed by atoms with Crippen molar-refractivity contribution in [2.45, 2.75) is 32.5 Å². The van der Waals surface area contributed by atoms with Gasteiger partial charge < -0.3 is 20.4 Å². The molecule has 2 amide bonds. The van der Waals surface area contributed by atoms with Crippen molar-refractivity contribution in [3.8, 4) is 0 Å². The normalized spacial score (nSPS) is 14.0. The zero-order valence-electron chi connectivity index (χ0n) is 18.5. The average molecular weight is 422 g/mol. The lowest BCUT2D eigenvalue weighted by molar-refractivity contribution is -0.128. The largest absolute Gasteiger partial charge is 0.352 e. The highest BCUT2D eigenvalue weighted by Crippen LogP contribution is 2.14. The van der Waals surface area contributed by atoms with E-state index in [0.29, 0.717) is 37.6 Å². The second kappa shape index (κ2) is 10.6. The summed E-state index contributed by atoms with van der Waals surface area (Å²) in [6, 6.07) is 15.9. The molecule has 3 rings (SSSR count). The molecule has 1 heterocycles. The second-order valence-corrected chi connectivity index (χ2v) is 7.91. The Morgan fingerprint density at radius 1 is 0.968 bits per heavy atom. The molecule has 2 aromatic rings. The minimum atomic E-state index is -0.00460. The van der Waals surface area contributed by atoms with Crippen LogP contribution in [0.2, 0.25) is 0 Å². The fourth-order valence-corrected chi connectivity index (χ4v) is 3.47. The Bertz CT molecular complexity index is 920. The lowest BCUT2D eigenvalue weighted by Crippen LogP contribution is -2.36. The van der Waals surface area contributed by atoms with E-state index in [1.54, 1.807) is 26.0 Å². The van der Waals surface area contributed by atoms with Gasteiger partial charge in [0.2, 0.25) is 5.91 Å². The standard InChI is InChI=1S/C24H31N5O2/c1-25-24(27-16-19-10-12-21(13-11-19)23(31)28(2)3)26-15-18-6-8-20(9-7-18)17-29-14-4-5-22(29)30/h6-13H,4-5,14-17H2,1-3H3,(H2,25,26,27). The summed E-state index contributed by atoms with van der Waals surface area (Å²) in [5.41, 5.74) is 4.04. The van der Waals surface area contributed by atoms with E-state index in [1.807, 2.05) is 29.2 Å². The SMILES string of the molecule is CN=C(NCc1ccc(CN2CCCC2=O)cc1)NCc1ccc(C(=O)N(C)C)cc1. The molecule has 31 heavy (non-hydrogen) atoms. The molecule has 2 aromatic carbocycles. The van der Waals surface area contributed by atoms with Crippen molar-refractivity contribution in [1.29, 1.82) is 0 Å². The summed E-state index contributed by atoms with van der Waals surface area (Å²) >= 11 is 0. The first-order valence-corrected chi connectivity index (χ1v) is 10.6. The number of rotatable bonds is 7. The van der Waals surface area contributed by atoms with Gasteiger partial charge in [-0.05, 0) is 35.2 Å². The topological polar surface area (TPSA) is 77.0 Å². The Morgan fingerprint density at radius 3 is 2.00 bits per heavy atom. The molecule has 164 valence electrons. The maximum atomic E-state index is 12.0. The van der Waals surface area contributed by atoms with E-state index < -0.39 is 0 Å². The van der Waals surface area contributed by atoms with Crippen LogP contribution in [0, 0.1) is 0 Å². The van der Waals surface area contributed by atoms with Gasteiger partial charge in [-0.2, -0.15) is 0 Å². The molecular weight excluding hydrogens is 390 g/mol. The second-order valence-electron chi connectivity index (χ2n) is 7.91. The van der Waals surface area contributed by atoms with Crippen LogP contribution in [0.15, 0.2) is 53.5 Å². The number of aliphatic imine (C=N–C) groups is 1. The van der Waals surface area contributed by atoms with E-state index in [1.165, 1.54) is 0 Å². The van der Waals surface area contributed by atoms with E-state index in [2.05, 4.69) is 39.9 Å². The predicted octanol–water partition coefficient (Wildman–Crippen LogP) is 2.38. The number of carbonyl (C=O) groups excluding carboxylic acids is 2. The van der Waals surface area contributed by atoms with E-state index in [0.717, 1.165) is 29.7 Å². The third kappa shape index (κ3) is 6.31. The van der Waals surface area contributed by atoms with Crippen molar-refractivity contribution >= 4 is 17.8 Å². The molecule has 0 bridgehead atoms. The molecule has 1 aliphatic heterocycles. The lowest BCUT2D eigenvalue weighted by atomic mass is 10.1. The predicted molar refractivity (Wildman–Crippen MR) is 123 cm³/mol. The van der Waals surface area contributed by atoms with Crippen molar-refractivity contribution in [3.05, 3.63) is 70.8 Å². The van der Waals surface area contributed by atoms with Crippen LogP contribution in [-0.2, 0) is 24.4 Å². The van der Waals surface area contributed by atoms with Gasteiger partial charge in [0.25, 0.3) is 5.91 Å². The molecule has 7 heteroatoms. The Kier molecular flexibility index (Phi) is 7.65. The fourth-order valence-electron chi connectivity index (χ4n) is 3.47. The third-order valence-corrected chi connectivity index (χ3v) is 5.32. The van der Waals surface area contributed by atoms with Crippen molar-refractivity contribution in [1.82, 2.24) is 20.4 Å². The van der Waals surface area contributed by atoms with Gasteiger partial charge in [-0.25, -0.2) is 0 Å². The number of guanidine groups is 1. The highest BCUT2D eigenvalue weighted by atomic mass is 16.2. The fraction of sp³-hybridized carbons (Fsp3) is 0.375. The van der Waals surface area contributed by atoms with Crippen LogP contribution in [0.3, 0.4) is 0 Å². The summed E-state index contributed by atoms with van der Waals surface area (Å²) in [4.78, 5) is 31.5. The highest BCUT2D eigenvalue weighted by molar-refractivity contribution is 5.93. The van der Waals surface area contributed by atoms with Gasteiger partial charge in [-0.3, -0.25) is 14.6 Å². The highest BCUT2D eigenvalue weighted by Gasteiger charge is 2.19. The van der Waals surface area contributed by atoms with Crippen LogP contribution in [0.5, 0.6) is 0 Å². The van der Waals surface area contributed by atoms with Crippen LogP contribution in [0.25, 0.3) is 0 Å². The van der Waals surface area contributed by atoms with Crippen molar-refractivity contribution in [2.75, 3.05) is 27.7 Å². The Morgan fingerprint density at radius 2 is 1.52 bits per heavy atom. The average Bonchev–Trinajstić information content (AvgIpc) is 3.19. The quantitative estimate of drug-likeness (QED) is 0.532. The third-order valence-electron chi connectivity index (χ3n) is 5.32. The number of nitrogens with zero attached hydrogens (tertiary/aromatic N) is 3. The van der Waals surface area contributed by atoms with Gasteiger partial charge in [0.1, 0.15) is 0 Å². The number of nitrogens with one attached hydrogen (secondary N) is 2. The lowest BCUT2D eigenvalue weighted by Gasteiger charge is -2.16. The maximum absolute atomic E-state index is 12.0. The summed E-state index contributed by atoms with van der Waals surface area (Å²) in [5, 5.41) is 6.61. The molecule has 1 fully saturated rings. The Labute approximate surface area is 184 Å². The number of benzene rings is 2. The first-order valence-electron chi connectivity index (χ1n) is 10.6. The number of hydrogen-bond acceptors (Lipinski definition) is 3. The van der Waals surface area contributed by atoms with Crippen LogP contribution < -0.4 is 10.6 Å². The van der Waals surface area contributed by atoms with E-state index >= 15 is 0 Å². The summed E-state index contributed by atoms with van der Waals surface area (Å²) in [6.07, 6.45) is 1.64. The number of amides is 2. The van der Waals surface area contributed by atoms with Gasteiger partial charge >= 0.3 is 0 Å². The molecule has 0 aromatic heterocycles. The first-order chi connectivity index (χ1) is 15.0. The molecule has 7 nitrogen and oxygen atoms in total. The summed E-state index contributed by atoms with van der Waals surface area (Å²) < 4.78 is 0. The van der Waals surface area contributed by atoms with Crippen LogP contribution in [-0.4, -0.2) is 55.3 Å². The Balaban J connectivity index is 1.46. The number of carbonyl (C=O) groups is 2. The maximum Gasteiger partial charge on any atom is 0.253 e. The summed E-state index contributed by atoms with van der Waals surface area (Å²) in [7, 11) is 5.23. The molecule has 0 spiro atoms. The van der Waals surface area contributed by atoms with E-state index in [-0.39, 0.29) is 11.8 Å². The summed E-state index contributed by atoms with van der Waals surface area (Å²) in [5.74, 6) is 0.953. The molecule has 0 radical (unpaired) electrons. The van der Waals surface area contributed by atoms with Crippen LogP contribution in [0.4, 0.5) is 0 Å². The van der Waals surface area contributed by atoms with Crippen LogP contribution >= 0.6 is 0 Å². The van der Waals surface area contributed by atoms with Crippen LogP contribution in [0.1, 0.15) is 39.9 Å². The number of likely N-dealkylation sites (tertiary alicyclic amines) is 1. The molecule has 0 atom stereocenters. The molecule has 0 saturated carbocycles. The molecule has 2 N–H and O–H groups in total. The minimum Gasteiger partial charge on any atom is -0.352 e. The van der Waals surface area contributed by atoms with E-state index in [9.17, 15) is 9.59 Å². The van der Waals surface area contributed by atoms with E-state index in [4.69, 9.17) is 0 Å². The Hall–Kier alpha value is -3.35.